The van der Waals surface area contributed by atoms with Gasteiger partial charge in [-0.1, -0.05) is 65.9 Å². The fraction of sp³-hybridized carbons (Fsp3) is 0.125. The molecule has 1 heterocycles. The molecule has 150 valence electrons. The lowest BCUT2D eigenvalue weighted by Gasteiger charge is -2.08. The molecule has 0 saturated heterocycles. The van der Waals surface area contributed by atoms with Gasteiger partial charge in [0, 0.05) is 12.5 Å². The maximum Gasteiger partial charge on any atom is 0.170 e. The van der Waals surface area contributed by atoms with Gasteiger partial charge in [-0.2, -0.15) is 0 Å². The van der Waals surface area contributed by atoms with Gasteiger partial charge in [0.1, 0.15) is 23.8 Å². The molecule has 6 nitrogen and oxygen atoms in total. The lowest BCUT2D eigenvalue weighted by molar-refractivity contribution is 0.0990. The Bertz CT molecular complexity index is 1120. The zero-order chi connectivity index (χ0) is 20.8. The van der Waals surface area contributed by atoms with E-state index in [0.717, 1.165) is 11.1 Å². The Morgan fingerprint density at radius 2 is 1.63 bits per heavy atom. The first kappa shape index (κ1) is 19.4. The first-order valence-corrected chi connectivity index (χ1v) is 9.63. The van der Waals surface area contributed by atoms with E-state index in [1.54, 1.807) is 16.8 Å². The number of aromatic hydroxyl groups is 1. The molecule has 0 atom stereocenters. The molecule has 30 heavy (non-hydrogen) atoms. The minimum absolute atomic E-state index is 0.0961. The summed E-state index contributed by atoms with van der Waals surface area (Å²) in [6, 6.07) is 24.1. The van der Waals surface area contributed by atoms with Crippen molar-refractivity contribution in [3.05, 3.63) is 107 Å². The summed E-state index contributed by atoms with van der Waals surface area (Å²) in [6.45, 7) is 0.846. The van der Waals surface area contributed by atoms with Crippen LogP contribution in [0.5, 0.6) is 11.5 Å². The Morgan fingerprint density at radius 3 is 2.33 bits per heavy atom. The van der Waals surface area contributed by atoms with E-state index in [-0.39, 0.29) is 30.1 Å². The van der Waals surface area contributed by atoms with Crippen molar-refractivity contribution >= 4 is 5.78 Å². The molecule has 4 rings (SSSR count). The topological polar surface area (TPSA) is 77.2 Å². The van der Waals surface area contributed by atoms with Gasteiger partial charge in [-0.25, -0.2) is 4.68 Å². The second-order valence-corrected chi connectivity index (χ2v) is 6.95. The minimum Gasteiger partial charge on any atom is -0.507 e. The monoisotopic (exact) mass is 399 g/mol. The van der Waals surface area contributed by atoms with Crippen molar-refractivity contribution in [1.29, 1.82) is 0 Å². The summed E-state index contributed by atoms with van der Waals surface area (Å²) in [5, 5.41) is 18.5. The van der Waals surface area contributed by atoms with Gasteiger partial charge < -0.3 is 9.84 Å². The SMILES string of the molecule is O=C(Cc1ccccc1)c1ccc(OCc2cn(Cc3ccccc3)nn2)cc1O. The van der Waals surface area contributed by atoms with Crippen LogP contribution in [-0.4, -0.2) is 25.9 Å². The van der Waals surface area contributed by atoms with Gasteiger partial charge in [0.2, 0.25) is 0 Å². The molecule has 0 aliphatic heterocycles. The Morgan fingerprint density at radius 1 is 0.933 bits per heavy atom. The van der Waals surface area contributed by atoms with Crippen molar-refractivity contribution in [1.82, 2.24) is 15.0 Å². The predicted octanol–water partition coefficient (Wildman–Crippen LogP) is 4.04. The Balaban J connectivity index is 1.35. The van der Waals surface area contributed by atoms with Crippen LogP contribution in [0.15, 0.2) is 85.1 Å². The zero-order valence-electron chi connectivity index (χ0n) is 16.3. The molecule has 0 fully saturated rings. The van der Waals surface area contributed by atoms with Crippen LogP contribution in [-0.2, 0) is 19.6 Å². The molecular weight excluding hydrogens is 378 g/mol. The molecule has 6 heteroatoms. The van der Waals surface area contributed by atoms with E-state index in [9.17, 15) is 9.90 Å². The molecule has 0 spiro atoms. The number of benzene rings is 3. The van der Waals surface area contributed by atoms with Gasteiger partial charge in [0.05, 0.1) is 18.3 Å². The molecule has 0 bridgehead atoms. The van der Waals surface area contributed by atoms with Crippen LogP contribution in [0, 0.1) is 0 Å². The van der Waals surface area contributed by atoms with Crippen LogP contribution in [0.3, 0.4) is 0 Å². The molecule has 0 amide bonds. The number of Topliss-reactive ketones (excluding diaryl/α,β-unsaturated/α-hetero) is 1. The summed E-state index contributed by atoms with van der Waals surface area (Å²) in [5.41, 5.74) is 2.99. The predicted molar refractivity (Wildman–Crippen MR) is 112 cm³/mol. The summed E-state index contributed by atoms with van der Waals surface area (Å²) >= 11 is 0. The van der Waals surface area contributed by atoms with E-state index in [4.69, 9.17) is 4.74 Å². The molecule has 0 aliphatic carbocycles. The lowest BCUT2D eigenvalue weighted by Crippen LogP contribution is -2.04. The number of hydrogen-bond donors (Lipinski definition) is 1. The van der Waals surface area contributed by atoms with Crippen molar-refractivity contribution < 1.29 is 14.6 Å². The van der Waals surface area contributed by atoms with E-state index in [1.165, 1.54) is 6.07 Å². The summed E-state index contributed by atoms with van der Waals surface area (Å²) in [7, 11) is 0. The van der Waals surface area contributed by atoms with Crippen LogP contribution in [0.1, 0.15) is 27.2 Å². The Labute approximate surface area is 174 Å². The van der Waals surface area contributed by atoms with Gasteiger partial charge in [-0.15, -0.1) is 5.10 Å². The highest BCUT2D eigenvalue weighted by molar-refractivity contribution is 6.00. The number of phenols is 1. The number of ketones is 1. The van der Waals surface area contributed by atoms with Crippen LogP contribution in [0.2, 0.25) is 0 Å². The van der Waals surface area contributed by atoms with Crippen molar-refractivity contribution in [2.24, 2.45) is 0 Å². The maximum absolute atomic E-state index is 12.5. The fourth-order valence-electron chi connectivity index (χ4n) is 3.12. The summed E-state index contributed by atoms with van der Waals surface area (Å²) in [6.07, 6.45) is 2.06. The average Bonchev–Trinajstić information content (AvgIpc) is 3.21. The number of carbonyl (C=O) groups is 1. The van der Waals surface area contributed by atoms with Gasteiger partial charge in [-0.05, 0) is 23.3 Å². The van der Waals surface area contributed by atoms with Crippen LogP contribution in [0.25, 0.3) is 0 Å². The van der Waals surface area contributed by atoms with Crippen molar-refractivity contribution in [3.8, 4) is 11.5 Å². The second-order valence-electron chi connectivity index (χ2n) is 6.95. The van der Waals surface area contributed by atoms with E-state index >= 15 is 0 Å². The number of nitrogens with zero attached hydrogens (tertiary/aromatic N) is 3. The molecule has 0 saturated carbocycles. The van der Waals surface area contributed by atoms with Crippen LogP contribution in [0.4, 0.5) is 0 Å². The second kappa shape index (κ2) is 9.05. The highest BCUT2D eigenvalue weighted by Gasteiger charge is 2.13. The van der Waals surface area contributed by atoms with Crippen LogP contribution < -0.4 is 4.74 Å². The molecular formula is C24H21N3O3. The largest absolute Gasteiger partial charge is 0.507 e. The summed E-state index contributed by atoms with van der Waals surface area (Å²) in [5.74, 6) is 0.219. The van der Waals surface area contributed by atoms with Gasteiger partial charge in [0.25, 0.3) is 0 Å². The van der Waals surface area contributed by atoms with Gasteiger partial charge in [0.15, 0.2) is 5.78 Å². The minimum atomic E-state index is -0.144. The van der Waals surface area contributed by atoms with E-state index in [1.807, 2.05) is 66.9 Å². The lowest BCUT2D eigenvalue weighted by atomic mass is 10.0. The van der Waals surface area contributed by atoms with Crippen molar-refractivity contribution in [2.75, 3.05) is 0 Å². The van der Waals surface area contributed by atoms with Crippen LogP contribution >= 0.6 is 0 Å². The van der Waals surface area contributed by atoms with Gasteiger partial charge >= 0.3 is 0 Å². The number of ether oxygens (including phenoxy) is 1. The van der Waals surface area contributed by atoms with E-state index in [2.05, 4.69) is 10.3 Å². The quantitative estimate of drug-likeness (QED) is 0.453. The molecule has 4 aromatic rings. The standard InChI is InChI=1S/C24H21N3O3/c28-23(13-18-7-3-1-4-8-18)22-12-11-21(14-24(22)29)30-17-20-16-27(26-25-20)15-19-9-5-2-6-10-19/h1-12,14,16,29H,13,15,17H2. The fourth-order valence-corrected chi connectivity index (χ4v) is 3.12. The first-order chi connectivity index (χ1) is 14.7. The maximum atomic E-state index is 12.5. The molecule has 0 radical (unpaired) electrons. The normalized spacial score (nSPS) is 10.7. The van der Waals surface area contributed by atoms with E-state index in [0.29, 0.717) is 18.0 Å². The number of aromatic nitrogens is 3. The molecule has 1 N–H and O–H groups in total. The van der Waals surface area contributed by atoms with E-state index < -0.39 is 0 Å². The molecule has 3 aromatic carbocycles. The van der Waals surface area contributed by atoms with Gasteiger partial charge in [-0.3, -0.25) is 4.79 Å². The third-order valence-electron chi connectivity index (χ3n) is 4.64. The highest BCUT2D eigenvalue weighted by Crippen LogP contribution is 2.25. The summed E-state index contributed by atoms with van der Waals surface area (Å²) < 4.78 is 7.45. The Kier molecular flexibility index (Phi) is 5.85. The zero-order valence-corrected chi connectivity index (χ0v) is 16.3. The molecule has 1 aromatic heterocycles. The number of hydrogen-bond acceptors (Lipinski definition) is 5. The molecule has 0 unspecified atom stereocenters. The average molecular weight is 399 g/mol. The first-order valence-electron chi connectivity index (χ1n) is 9.63. The molecule has 0 aliphatic rings. The number of rotatable bonds is 8. The number of phenolic OH excluding ortho intramolecular Hbond substituents is 1. The number of carbonyl (C=O) groups excluding carboxylic acids is 1. The Hall–Kier alpha value is -3.93. The third-order valence-corrected chi connectivity index (χ3v) is 4.64. The third kappa shape index (κ3) is 4.91. The van der Waals surface area contributed by atoms with Crippen molar-refractivity contribution in [2.45, 2.75) is 19.6 Å². The smallest absolute Gasteiger partial charge is 0.170 e. The van der Waals surface area contributed by atoms with Crippen molar-refractivity contribution in [3.63, 3.8) is 0 Å². The highest BCUT2D eigenvalue weighted by atomic mass is 16.5. The summed E-state index contributed by atoms with van der Waals surface area (Å²) in [4.78, 5) is 12.5.